The van der Waals surface area contributed by atoms with Crippen LogP contribution in [0.2, 0.25) is 0 Å². The summed E-state index contributed by atoms with van der Waals surface area (Å²) in [7, 11) is 0. The van der Waals surface area contributed by atoms with Gasteiger partial charge in [-0.15, -0.1) is 6.58 Å². The molecule has 0 fully saturated rings. The molecule has 0 radical (unpaired) electrons. The molecule has 0 amide bonds. The first-order valence-corrected chi connectivity index (χ1v) is 2.98. The summed E-state index contributed by atoms with van der Waals surface area (Å²) in [6.07, 6.45) is 1.82. The molecular weight excluding hydrogens is 120 g/mol. The lowest BCUT2D eigenvalue weighted by Gasteiger charge is -1.93. The van der Waals surface area contributed by atoms with Crippen LogP contribution in [0.3, 0.4) is 0 Å². The number of hydrogen-bond donors (Lipinski definition) is 0. The van der Waals surface area contributed by atoms with Gasteiger partial charge in [-0.2, -0.15) is 0 Å². The van der Waals surface area contributed by atoms with E-state index in [1.54, 1.807) is 0 Å². The molecule has 0 aromatic rings. The monoisotopic (exact) mass is 130 g/mol. The predicted molar refractivity (Wildman–Crippen MR) is 39.0 cm³/mol. The van der Waals surface area contributed by atoms with E-state index in [0.29, 0.717) is 5.03 Å². The molecule has 0 unspecified atom stereocenters. The Kier molecular flexibility index (Phi) is 3.63. The van der Waals surface area contributed by atoms with Crippen molar-refractivity contribution in [1.29, 1.82) is 0 Å². The second-order valence-electron chi connectivity index (χ2n) is 1.97. The standard InChI is InChI=1S/C7H11Cl/c1-6(2)4-5-7(3)8/h1,3-5H2,2H3. The zero-order valence-corrected chi connectivity index (χ0v) is 5.96. The quantitative estimate of drug-likeness (QED) is 0.515. The van der Waals surface area contributed by atoms with E-state index in [9.17, 15) is 0 Å². The van der Waals surface area contributed by atoms with Crippen molar-refractivity contribution in [3.8, 4) is 0 Å². The van der Waals surface area contributed by atoms with Crippen molar-refractivity contribution in [1.82, 2.24) is 0 Å². The molecule has 0 heterocycles. The summed E-state index contributed by atoms with van der Waals surface area (Å²) >= 11 is 5.49. The summed E-state index contributed by atoms with van der Waals surface area (Å²) in [5.74, 6) is 0. The average Bonchev–Trinajstić information content (AvgIpc) is 1.61. The zero-order chi connectivity index (χ0) is 6.57. The second kappa shape index (κ2) is 3.73. The van der Waals surface area contributed by atoms with Crippen LogP contribution in [0.5, 0.6) is 0 Å². The van der Waals surface area contributed by atoms with Crippen molar-refractivity contribution in [2.45, 2.75) is 19.8 Å². The SMILES string of the molecule is C=C(C)CCC(=C)Cl. The van der Waals surface area contributed by atoms with E-state index in [0.717, 1.165) is 18.4 Å². The zero-order valence-electron chi connectivity index (χ0n) is 5.21. The third-order valence-electron chi connectivity index (χ3n) is 0.823. The Hall–Kier alpha value is -0.230. The maximum Gasteiger partial charge on any atom is 0.0112 e. The summed E-state index contributed by atoms with van der Waals surface area (Å²) in [4.78, 5) is 0. The van der Waals surface area contributed by atoms with Crippen molar-refractivity contribution in [3.63, 3.8) is 0 Å². The molecule has 46 valence electrons. The van der Waals surface area contributed by atoms with Gasteiger partial charge in [0.1, 0.15) is 0 Å². The lowest BCUT2D eigenvalue weighted by Crippen LogP contribution is -1.73. The van der Waals surface area contributed by atoms with Gasteiger partial charge < -0.3 is 0 Å². The number of allylic oxidation sites excluding steroid dienone is 2. The van der Waals surface area contributed by atoms with Crippen LogP contribution in [0.1, 0.15) is 19.8 Å². The molecule has 1 heteroatoms. The van der Waals surface area contributed by atoms with Crippen molar-refractivity contribution in [2.75, 3.05) is 0 Å². The molecule has 0 N–H and O–H groups in total. The molecule has 0 spiro atoms. The van der Waals surface area contributed by atoms with Crippen LogP contribution >= 0.6 is 11.6 Å². The molecule has 0 aliphatic heterocycles. The van der Waals surface area contributed by atoms with Gasteiger partial charge >= 0.3 is 0 Å². The molecule has 0 saturated carbocycles. The molecule has 0 atom stereocenters. The largest absolute Gasteiger partial charge is 0.100 e. The Morgan fingerprint density at radius 1 is 1.38 bits per heavy atom. The van der Waals surface area contributed by atoms with Crippen molar-refractivity contribution >= 4 is 11.6 Å². The summed E-state index contributed by atoms with van der Waals surface area (Å²) in [5.41, 5.74) is 1.16. The highest BCUT2D eigenvalue weighted by molar-refractivity contribution is 6.29. The van der Waals surface area contributed by atoms with Crippen LogP contribution in [0.4, 0.5) is 0 Å². The van der Waals surface area contributed by atoms with Crippen LogP contribution < -0.4 is 0 Å². The maximum absolute atomic E-state index is 5.49. The van der Waals surface area contributed by atoms with Crippen LogP contribution in [0.25, 0.3) is 0 Å². The third-order valence-corrected chi connectivity index (χ3v) is 1.01. The topological polar surface area (TPSA) is 0 Å². The second-order valence-corrected chi connectivity index (χ2v) is 2.51. The molecule has 0 saturated heterocycles. The Morgan fingerprint density at radius 3 is 2.00 bits per heavy atom. The van der Waals surface area contributed by atoms with Gasteiger partial charge in [0.05, 0.1) is 0 Å². The van der Waals surface area contributed by atoms with Gasteiger partial charge in [-0.1, -0.05) is 23.8 Å². The molecule has 0 nitrogen and oxygen atoms in total. The number of hydrogen-bond acceptors (Lipinski definition) is 0. The van der Waals surface area contributed by atoms with Crippen LogP contribution in [0.15, 0.2) is 23.8 Å². The Labute approximate surface area is 55.9 Å². The lowest BCUT2D eigenvalue weighted by atomic mass is 10.2. The molecule has 0 rings (SSSR count). The van der Waals surface area contributed by atoms with Crippen LogP contribution in [-0.4, -0.2) is 0 Å². The van der Waals surface area contributed by atoms with Gasteiger partial charge in [0.2, 0.25) is 0 Å². The van der Waals surface area contributed by atoms with E-state index >= 15 is 0 Å². The van der Waals surface area contributed by atoms with Gasteiger partial charge in [0, 0.05) is 5.03 Å². The number of halogens is 1. The van der Waals surface area contributed by atoms with E-state index in [4.69, 9.17) is 11.6 Å². The highest BCUT2D eigenvalue weighted by atomic mass is 35.5. The van der Waals surface area contributed by atoms with Crippen molar-refractivity contribution in [3.05, 3.63) is 23.8 Å². The minimum absolute atomic E-state index is 0.716. The maximum atomic E-state index is 5.49. The molecule has 8 heavy (non-hydrogen) atoms. The number of rotatable bonds is 3. The van der Waals surface area contributed by atoms with Gasteiger partial charge in [-0.25, -0.2) is 0 Å². The first kappa shape index (κ1) is 7.77. The van der Waals surface area contributed by atoms with Gasteiger partial charge in [0.25, 0.3) is 0 Å². The molecule has 0 bridgehead atoms. The Balaban J connectivity index is 3.18. The fraction of sp³-hybridized carbons (Fsp3) is 0.429. The van der Waals surface area contributed by atoms with E-state index < -0.39 is 0 Å². The first-order chi connectivity index (χ1) is 3.63. The predicted octanol–water partition coefficient (Wildman–Crippen LogP) is 3.10. The van der Waals surface area contributed by atoms with Crippen LogP contribution in [0, 0.1) is 0 Å². The van der Waals surface area contributed by atoms with Gasteiger partial charge in [-0.3, -0.25) is 0 Å². The average molecular weight is 131 g/mol. The molecule has 0 aliphatic carbocycles. The van der Waals surface area contributed by atoms with E-state index in [-0.39, 0.29) is 0 Å². The van der Waals surface area contributed by atoms with Gasteiger partial charge in [-0.05, 0) is 19.8 Å². The summed E-state index contributed by atoms with van der Waals surface area (Å²) in [6, 6.07) is 0. The summed E-state index contributed by atoms with van der Waals surface area (Å²) in [5, 5.41) is 0.716. The van der Waals surface area contributed by atoms with E-state index in [1.807, 2.05) is 6.92 Å². The summed E-state index contributed by atoms with van der Waals surface area (Å²) < 4.78 is 0. The first-order valence-electron chi connectivity index (χ1n) is 2.60. The van der Waals surface area contributed by atoms with Crippen LogP contribution in [-0.2, 0) is 0 Å². The normalized spacial score (nSPS) is 8.75. The molecule has 0 aromatic carbocycles. The van der Waals surface area contributed by atoms with Crippen molar-refractivity contribution in [2.24, 2.45) is 0 Å². The Morgan fingerprint density at radius 2 is 1.88 bits per heavy atom. The highest BCUT2D eigenvalue weighted by Crippen LogP contribution is 2.10. The minimum Gasteiger partial charge on any atom is -0.100 e. The fourth-order valence-corrected chi connectivity index (χ4v) is 0.444. The minimum atomic E-state index is 0.716. The van der Waals surface area contributed by atoms with Gasteiger partial charge in [0.15, 0.2) is 0 Å². The fourth-order valence-electron chi connectivity index (χ4n) is 0.349. The van der Waals surface area contributed by atoms with E-state index in [1.165, 1.54) is 0 Å². The highest BCUT2D eigenvalue weighted by Gasteiger charge is 1.87. The third kappa shape index (κ3) is 5.77. The lowest BCUT2D eigenvalue weighted by molar-refractivity contribution is 0.973. The van der Waals surface area contributed by atoms with Crippen molar-refractivity contribution < 1.29 is 0 Å². The molecule has 0 aromatic heterocycles. The molecule has 0 aliphatic rings. The molecular formula is C7H11Cl. The van der Waals surface area contributed by atoms with E-state index in [2.05, 4.69) is 13.2 Å². The smallest absolute Gasteiger partial charge is 0.0112 e. The summed E-state index contributed by atoms with van der Waals surface area (Å²) in [6.45, 7) is 9.26. The Bertz CT molecular complexity index is 89.0.